The van der Waals surface area contributed by atoms with Gasteiger partial charge in [-0.25, -0.2) is 4.98 Å². The van der Waals surface area contributed by atoms with Crippen molar-refractivity contribution in [1.82, 2.24) is 4.98 Å². The molecule has 172 valence electrons. The number of ether oxygens (including phenoxy) is 3. The van der Waals surface area contributed by atoms with Crippen molar-refractivity contribution in [3.05, 3.63) is 82.4 Å². The number of benzene rings is 3. The van der Waals surface area contributed by atoms with Gasteiger partial charge in [-0.15, -0.1) is 0 Å². The highest BCUT2D eigenvalue weighted by Crippen LogP contribution is 2.35. The van der Waals surface area contributed by atoms with Crippen molar-refractivity contribution in [1.29, 1.82) is 0 Å². The lowest BCUT2D eigenvalue weighted by Crippen LogP contribution is -2.14. The Morgan fingerprint density at radius 1 is 0.912 bits per heavy atom. The molecule has 1 heterocycles. The molecule has 0 aliphatic rings. The Labute approximate surface area is 195 Å². The van der Waals surface area contributed by atoms with Crippen LogP contribution in [-0.2, 0) is 0 Å². The first-order chi connectivity index (χ1) is 16.4. The number of non-ortho nitro benzene ring substituents is 1. The topological polar surface area (TPSA) is 113 Å². The first-order valence-electron chi connectivity index (χ1n) is 10.2. The molecule has 0 fully saturated rings. The number of carbonyl (C=O) groups is 1. The summed E-state index contributed by atoms with van der Waals surface area (Å²) in [5.41, 5.74) is 2.16. The zero-order valence-electron chi connectivity index (χ0n) is 18.7. The minimum absolute atomic E-state index is 0.167. The van der Waals surface area contributed by atoms with Gasteiger partial charge in [-0.3, -0.25) is 14.9 Å². The molecular formula is C25H21N3O6. The van der Waals surface area contributed by atoms with E-state index in [-0.39, 0.29) is 11.4 Å². The lowest BCUT2D eigenvalue weighted by molar-refractivity contribution is -0.384. The van der Waals surface area contributed by atoms with Crippen molar-refractivity contribution >= 4 is 28.2 Å². The summed E-state index contributed by atoms with van der Waals surface area (Å²) < 4.78 is 16.1. The van der Waals surface area contributed by atoms with E-state index < -0.39 is 10.8 Å². The fourth-order valence-corrected chi connectivity index (χ4v) is 3.61. The molecule has 1 aromatic heterocycles. The number of carbonyl (C=O) groups excluding carboxylic acids is 1. The van der Waals surface area contributed by atoms with Crippen LogP contribution in [0.3, 0.4) is 0 Å². The SMILES string of the molecule is COc1ccc(-c2cc(C(=O)Nc3cc([N+](=O)[O-])ccc3OC)c3ccccc3n2)c(OC)c1. The molecule has 0 radical (unpaired) electrons. The number of hydrogen-bond acceptors (Lipinski definition) is 7. The Bertz CT molecular complexity index is 1400. The second-order valence-electron chi connectivity index (χ2n) is 7.23. The lowest BCUT2D eigenvalue weighted by Gasteiger charge is -2.14. The van der Waals surface area contributed by atoms with E-state index in [9.17, 15) is 14.9 Å². The van der Waals surface area contributed by atoms with E-state index in [2.05, 4.69) is 5.32 Å². The summed E-state index contributed by atoms with van der Waals surface area (Å²) in [5.74, 6) is 0.992. The van der Waals surface area contributed by atoms with Gasteiger partial charge in [-0.1, -0.05) is 18.2 Å². The quantitative estimate of drug-likeness (QED) is 0.303. The standard InChI is InChI=1S/C25H21N3O6/c1-32-16-9-10-18(24(13-16)34-3)21-14-19(17-6-4-5-7-20(17)26-21)25(29)27-22-12-15(28(30)31)8-11-23(22)33-2/h4-14H,1-3H3,(H,27,29). The number of anilines is 1. The van der Waals surface area contributed by atoms with Crippen molar-refractivity contribution in [2.45, 2.75) is 0 Å². The second-order valence-corrected chi connectivity index (χ2v) is 7.23. The number of nitrogens with zero attached hydrogens (tertiary/aromatic N) is 2. The molecule has 4 rings (SSSR count). The highest BCUT2D eigenvalue weighted by Gasteiger charge is 2.19. The van der Waals surface area contributed by atoms with Crippen LogP contribution in [-0.4, -0.2) is 37.1 Å². The summed E-state index contributed by atoms with van der Waals surface area (Å²) in [4.78, 5) is 28.8. The highest BCUT2D eigenvalue weighted by atomic mass is 16.6. The normalized spacial score (nSPS) is 10.6. The number of hydrogen-bond donors (Lipinski definition) is 1. The Kier molecular flexibility index (Phi) is 6.26. The number of nitro benzene ring substituents is 1. The molecule has 4 aromatic rings. The van der Waals surface area contributed by atoms with E-state index in [0.29, 0.717) is 45.0 Å². The van der Waals surface area contributed by atoms with Gasteiger partial charge in [-0.2, -0.15) is 0 Å². The molecule has 9 nitrogen and oxygen atoms in total. The zero-order valence-corrected chi connectivity index (χ0v) is 18.7. The Morgan fingerprint density at radius 3 is 2.38 bits per heavy atom. The third-order valence-corrected chi connectivity index (χ3v) is 5.29. The van der Waals surface area contributed by atoms with Crippen LogP contribution in [0.5, 0.6) is 17.2 Å². The summed E-state index contributed by atoms with van der Waals surface area (Å²) in [6.45, 7) is 0. The molecule has 1 N–H and O–H groups in total. The van der Waals surface area contributed by atoms with E-state index in [0.717, 1.165) is 0 Å². The van der Waals surface area contributed by atoms with Crippen LogP contribution in [0.25, 0.3) is 22.2 Å². The van der Waals surface area contributed by atoms with Gasteiger partial charge in [0.25, 0.3) is 11.6 Å². The molecule has 0 saturated carbocycles. The van der Waals surface area contributed by atoms with E-state index in [1.807, 2.05) is 12.1 Å². The number of amides is 1. The van der Waals surface area contributed by atoms with Crippen LogP contribution in [0.1, 0.15) is 10.4 Å². The predicted molar refractivity (Wildman–Crippen MR) is 128 cm³/mol. The number of pyridine rings is 1. The third kappa shape index (κ3) is 4.31. The molecular weight excluding hydrogens is 438 g/mol. The molecule has 9 heteroatoms. The minimum atomic E-state index is -0.537. The maximum absolute atomic E-state index is 13.4. The molecule has 0 saturated heterocycles. The molecule has 0 unspecified atom stereocenters. The maximum Gasteiger partial charge on any atom is 0.271 e. The molecule has 0 aliphatic heterocycles. The molecule has 0 aliphatic carbocycles. The average Bonchev–Trinajstić information content (AvgIpc) is 2.87. The monoisotopic (exact) mass is 459 g/mol. The van der Waals surface area contributed by atoms with Crippen LogP contribution in [0.15, 0.2) is 66.7 Å². The fraction of sp³-hybridized carbons (Fsp3) is 0.120. The van der Waals surface area contributed by atoms with Crippen LogP contribution in [0.4, 0.5) is 11.4 Å². The largest absolute Gasteiger partial charge is 0.497 e. The number of aromatic nitrogens is 1. The van der Waals surface area contributed by atoms with Crippen LogP contribution >= 0.6 is 0 Å². The summed E-state index contributed by atoms with van der Waals surface area (Å²) in [6.07, 6.45) is 0. The van der Waals surface area contributed by atoms with Gasteiger partial charge in [-0.05, 0) is 30.3 Å². The van der Waals surface area contributed by atoms with Gasteiger partial charge in [0.1, 0.15) is 17.2 Å². The van der Waals surface area contributed by atoms with Crippen molar-refractivity contribution in [3.8, 4) is 28.5 Å². The van der Waals surface area contributed by atoms with Gasteiger partial charge >= 0.3 is 0 Å². The van der Waals surface area contributed by atoms with Crippen molar-refractivity contribution < 1.29 is 23.9 Å². The Balaban J connectivity index is 1.83. The Morgan fingerprint density at radius 2 is 1.68 bits per heavy atom. The van der Waals surface area contributed by atoms with Gasteiger partial charge in [0.2, 0.25) is 0 Å². The molecule has 0 spiro atoms. The lowest BCUT2D eigenvalue weighted by atomic mass is 10.0. The molecule has 0 bridgehead atoms. The third-order valence-electron chi connectivity index (χ3n) is 5.29. The molecule has 1 amide bonds. The van der Waals surface area contributed by atoms with E-state index in [4.69, 9.17) is 19.2 Å². The van der Waals surface area contributed by atoms with Gasteiger partial charge in [0.15, 0.2) is 0 Å². The number of nitro groups is 1. The Hall–Kier alpha value is -4.66. The number of para-hydroxylation sites is 1. The summed E-state index contributed by atoms with van der Waals surface area (Å²) in [5, 5.41) is 14.6. The molecule has 0 atom stereocenters. The molecule has 3 aromatic carbocycles. The maximum atomic E-state index is 13.4. The average molecular weight is 459 g/mol. The van der Waals surface area contributed by atoms with Gasteiger partial charge in [0, 0.05) is 29.1 Å². The highest BCUT2D eigenvalue weighted by molar-refractivity contribution is 6.13. The number of methoxy groups -OCH3 is 3. The number of rotatable bonds is 7. The first kappa shape index (κ1) is 22.5. The van der Waals surface area contributed by atoms with E-state index >= 15 is 0 Å². The van der Waals surface area contributed by atoms with Crippen LogP contribution in [0, 0.1) is 10.1 Å². The smallest absolute Gasteiger partial charge is 0.271 e. The number of fused-ring (bicyclic) bond motifs is 1. The fourth-order valence-electron chi connectivity index (χ4n) is 3.61. The summed E-state index contributed by atoms with van der Waals surface area (Å²) >= 11 is 0. The van der Waals surface area contributed by atoms with Gasteiger partial charge in [0.05, 0.1) is 48.7 Å². The van der Waals surface area contributed by atoms with E-state index in [1.165, 1.54) is 25.3 Å². The van der Waals surface area contributed by atoms with Crippen molar-refractivity contribution in [2.24, 2.45) is 0 Å². The van der Waals surface area contributed by atoms with E-state index in [1.54, 1.807) is 50.6 Å². The zero-order chi connectivity index (χ0) is 24.2. The summed E-state index contributed by atoms with van der Waals surface area (Å²) in [6, 6.07) is 18.2. The second kappa shape index (κ2) is 9.45. The van der Waals surface area contributed by atoms with Crippen molar-refractivity contribution in [3.63, 3.8) is 0 Å². The van der Waals surface area contributed by atoms with Crippen molar-refractivity contribution in [2.75, 3.05) is 26.6 Å². The van der Waals surface area contributed by atoms with Gasteiger partial charge < -0.3 is 19.5 Å². The van der Waals surface area contributed by atoms with Crippen LogP contribution < -0.4 is 19.5 Å². The predicted octanol–water partition coefficient (Wildman–Crippen LogP) is 5.09. The number of nitrogens with one attached hydrogen (secondary N) is 1. The first-order valence-corrected chi connectivity index (χ1v) is 10.2. The van der Waals surface area contributed by atoms with Crippen LogP contribution in [0.2, 0.25) is 0 Å². The molecule has 34 heavy (non-hydrogen) atoms. The minimum Gasteiger partial charge on any atom is -0.497 e. The summed E-state index contributed by atoms with van der Waals surface area (Å²) in [7, 11) is 4.53.